The minimum atomic E-state index is 0.829. The molecule has 1 aromatic carbocycles. The lowest BCUT2D eigenvalue weighted by Crippen LogP contribution is -2.03. The molecule has 66 valence electrons. The summed E-state index contributed by atoms with van der Waals surface area (Å²) in [7, 11) is 0. The minimum absolute atomic E-state index is 0.829. The van der Waals surface area contributed by atoms with Crippen LogP contribution >= 0.6 is 11.9 Å². The molecule has 0 amide bonds. The van der Waals surface area contributed by atoms with Crippen LogP contribution in [0.1, 0.15) is 12.5 Å². The summed E-state index contributed by atoms with van der Waals surface area (Å²) >= 11 is 1.72. The van der Waals surface area contributed by atoms with Gasteiger partial charge < -0.3 is 5.73 Å². The van der Waals surface area contributed by atoms with Gasteiger partial charge in [-0.25, -0.2) is 0 Å². The average molecular weight is 182 g/mol. The number of nitrogens with two attached hydrogens (primary N) is 1. The maximum atomic E-state index is 5.63. The fourth-order valence-corrected chi connectivity index (χ4v) is 1.41. The fraction of sp³-hybridized carbons (Fsp3) is 0.333. The van der Waals surface area contributed by atoms with Gasteiger partial charge in [-0.05, 0) is 17.7 Å². The molecule has 0 atom stereocenters. The number of rotatable bonds is 4. The molecule has 3 heteroatoms. The standard InChI is InChI=1S/C9H14N2S/c1-2-12-11-7-8-4-3-5-9(10)6-8/h3-6,11H,2,7,10H2,1H3. The van der Waals surface area contributed by atoms with E-state index in [-0.39, 0.29) is 0 Å². The molecule has 0 aliphatic heterocycles. The Morgan fingerprint density at radius 2 is 2.33 bits per heavy atom. The number of anilines is 1. The van der Waals surface area contributed by atoms with E-state index in [0.717, 1.165) is 18.0 Å². The first kappa shape index (κ1) is 9.42. The van der Waals surface area contributed by atoms with Gasteiger partial charge >= 0.3 is 0 Å². The van der Waals surface area contributed by atoms with Crippen LogP contribution in [-0.2, 0) is 6.54 Å². The summed E-state index contributed by atoms with van der Waals surface area (Å²) in [4.78, 5) is 0. The lowest BCUT2D eigenvalue weighted by atomic mass is 10.2. The van der Waals surface area contributed by atoms with Crippen LogP contribution in [0.15, 0.2) is 24.3 Å². The summed E-state index contributed by atoms with van der Waals surface area (Å²) in [6.07, 6.45) is 0. The molecule has 2 nitrogen and oxygen atoms in total. The highest BCUT2D eigenvalue weighted by Crippen LogP contribution is 2.07. The van der Waals surface area contributed by atoms with Crippen molar-refractivity contribution in [2.75, 3.05) is 11.5 Å². The van der Waals surface area contributed by atoms with Gasteiger partial charge in [0.05, 0.1) is 0 Å². The topological polar surface area (TPSA) is 38.0 Å². The van der Waals surface area contributed by atoms with Crippen molar-refractivity contribution >= 4 is 17.6 Å². The third kappa shape index (κ3) is 3.15. The van der Waals surface area contributed by atoms with Crippen molar-refractivity contribution in [2.45, 2.75) is 13.5 Å². The van der Waals surface area contributed by atoms with Gasteiger partial charge in [-0.3, -0.25) is 4.72 Å². The summed E-state index contributed by atoms with van der Waals surface area (Å²) in [5.41, 5.74) is 7.69. The van der Waals surface area contributed by atoms with E-state index < -0.39 is 0 Å². The Kier molecular flexibility index (Phi) is 3.97. The second-order valence-electron chi connectivity index (χ2n) is 2.50. The average Bonchev–Trinajstić information content (AvgIpc) is 2.05. The third-order valence-electron chi connectivity index (χ3n) is 1.47. The predicted octanol–water partition coefficient (Wildman–Crippen LogP) is 2.03. The molecule has 0 spiro atoms. The third-order valence-corrected chi connectivity index (χ3v) is 2.11. The quantitative estimate of drug-likeness (QED) is 0.425. The van der Waals surface area contributed by atoms with E-state index in [1.165, 1.54) is 5.56 Å². The van der Waals surface area contributed by atoms with E-state index in [0.29, 0.717) is 0 Å². The summed E-state index contributed by atoms with van der Waals surface area (Å²) in [5.74, 6) is 1.09. The highest BCUT2D eigenvalue weighted by Gasteiger charge is 1.91. The van der Waals surface area contributed by atoms with Crippen LogP contribution in [0.2, 0.25) is 0 Å². The lowest BCUT2D eigenvalue weighted by Gasteiger charge is -2.02. The minimum Gasteiger partial charge on any atom is -0.399 e. The first-order valence-electron chi connectivity index (χ1n) is 4.02. The fourth-order valence-electron chi connectivity index (χ4n) is 0.940. The summed E-state index contributed by atoms with van der Waals surface area (Å²) in [6.45, 7) is 3.00. The highest BCUT2D eigenvalue weighted by atomic mass is 32.2. The number of benzene rings is 1. The van der Waals surface area contributed by atoms with Crippen LogP contribution < -0.4 is 10.5 Å². The highest BCUT2D eigenvalue weighted by molar-refractivity contribution is 7.97. The van der Waals surface area contributed by atoms with Gasteiger partial charge in [0, 0.05) is 18.0 Å². The molecular weight excluding hydrogens is 168 g/mol. The molecule has 0 saturated carbocycles. The molecule has 0 aliphatic carbocycles. The SMILES string of the molecule is CCSNCc1cccc(N)c1. The van der Waals surface area contributed by atoms with Crippen molar-refractivity contribution < 1.29 is 0 Å². The maximum Gasteiger partial charge on any atom is 0.0317 e. The Bertz CT molecular complexity index is 238. The first-order valence-corrected chi connectivity index (χ1v) is 5.00. The Morgan fingerprint density at radius 3 is 3.00 bits per heavy atom. The number of nitrogens with one attached hydrogen (secondary N) is 1. The smallest absolute Gasteiger partial charge is 0.0317 e. The van der Waals surface area contributed by atoms with Crippen LogP contribution in [0.5, 0.6) is 0 Å². The molecule has 1 rings (SSSR count). The number of hydrogen-bond donors (Lipinski definition) is 2. The second kappa shape index (κ2) is 5.06. The van der Waals surface area contributed by atoms with Gasteiger partial charge in [0.1, 0.15) is 0 Å². The Balaban J connectivity index is 2.41. The van der Waals surface area contributed by atoms with Crippen LogP contribution in [-0.4, -0.2) is 5.75 Å². The molecule has 0 fully saturated rings. The zero-order valence-corrected chi connectivity index (χ0v) is 8.03. The van der Waals surface area contributed by atoms with Crippen LogP contribution in [0, 0.1) is 0 Å². The van der Waals surface area contributed by atoms with Gasteiger partial charge in [-0.1, -0.05) is 31.0 Å². The van der Waals surface area contributed by atoms with E-state index in [1.807, 2.05) is 18.2 Å². The molecule has 0 bridgehead atoms. The second-order valence-corrected chi connectivity index (χ2v) is 3.65. The van der Waals surface area contributed by atoms with Crippen molar-refractivity contribution in [3.63, 3.8) is 0 Å². The van der Waals surface area contributed by atoms with E-state index in [4.69, 9.17) is 5.73 Å². The van der Waals surface area contributed by atoms with Crippen molar-refractivity contribution in [3.8, 4) is 0 Å². The van der Waals surface area contributed by atoms with Crippen LogP contribution in [0.3, 0.4) is 0 Å². The van der Waals surface area contributed by atoms with Gasteiger partial charge in [-0.15, -0.1) is 0 Å². The zero-order chi connectivity index (χ0) is 8.81. The van der Waals surface area contributed by atoms with Gasteiger partial charge in [0.25, 0.3) is 0 Å². The van der Waals surface area contributed by atoms with Crippen molar-refractivity contribution in [3.05, 3.63) is 29.8 Å². The lowest BCUT2D eigenvalue weighted by molar-refractivity contribution is 0.977. The molecule has 3 N–H and O–H groups in total. The first-order chi connectivity index (χ1) is 5.83. The molecule has 0 aromatic heterocycles. The normalized spacial score (nSPS) is 10.1. The number of hydrogen-bond acceptors (Lipinski definition) is 3. The molecular formula is C9H14N2S. The van der Waals surface area contributed by atoms with Crippen LogP contribution in [0.25, 0.3) is 0 Å². The van der Waals surface area contributed by atoms with Gasteiger partial charge in [0.15, 0.2) is 0 Å². The maximum absolute atomic E-state index is 5.63. The van der Waals surface area contributed by atoms with Crippen molar-refractivity contribution in [1.29, 1.82) is 0 Å². The molecule has 1 aromatic rings. The van der Waals surface area contributed by atoms with Crippen LogP contribution in [0.4, 0.5) is 5.69 Å². The Morgan fingerprint density at radius 1 is 1.50 bits per heavy atom. The van der Waals surface area contributed by atoms with Crippen molar-refractivity contribution in [2.24, 2.45) is 0 Å². The molecule has 0 radical (unpaired) electrons. The monoisotopic (exact) mass is 182 g/mol. The number of nitrogen functional groups attached to an aromatic ring is 1. The molecule has 0 aliphatic rings. The van der Waals surface area contributed by atoms with Gasteiger partial charge in [0.2, 0.25) is 0 Å². The zero-order valence-electron chi connectivity index (χ0n) is 7.21. The summed E-state index contributed by atoms with van der Waals surface area (Å²) < 4.78 is 3.24. The van der Waals surface area contributed by atoms with E-state index in [9.17, 15) is 0 Å². The summed E-state index contributed by atoms with van der Waals surface area (Å²) in [6, 6.07) is 7.93. The van der Waals surface area contributed by atoms with Gasteiger partial charge in [-0.2, -0.15) is 0 Å². The summed E-state index contributed by atoms with van der Waals surface area (Å²) in [5, 5.41) is 0. The predicted molar refractivity (Wildman–Crippen MR) is 55.8 cm³/mol. The molecule has 0 unspecified atom stereocenters. The van der Waals surface area contributed by atoms with E-state index in [2.05, 4.69) is 17.7 Å². The largest absolute Gasteiger partial charge is 0.399 e. The molecule has 12 heavy (non-hydrogen) atoms. The van der Waals surface area contributed by atoms with Crippen molar-refractivity contribution in [1.82, 2.24) is 4.72 Å². The Hall–Kier alpha value is -0.670. The van der Waals surface area contributed by atoms with E-state index >= 15 is 0 Å². The Labute approximate surface area is 77.7 Å². The molecule has 0 heterocycles. The molecule has 0 saturated heterocycles. The van der Waals surface area contributed by atoms with E-state index in [1.54, 1.807) is 11.9 Å².